The second-order valence-corrected chi connectivity index (χ2v) is 7.87. The highest BCUT2D eigenvalue weighted by atomic mass is 32.2. The number of nitrogens with one attached hydrogen (secondary N) is 1. The van der Waals surface area contributed by atoms with Gasteiger partial charge in [-0.3, -0.25) is 9.78 Å². The highest BCUT2D eigenvalue weighted by Gasteiger charge is 2.45. The van der Waals surface area contributed by atoms with E-state index in [1.165, 1.54) is 11.8 Å². The number of aliphatic imine (C=N–C) groups is 1. The third-order valence-corrected chi connectivity index (χ3v) is 5.51. The van der Waals surface area contributed by atoms with Gasteiger partial charge in [0.15, 0.2) is 5.17 Å². The summed E-state index contributed by atoms with van der Waals surface area (Å²) in [6.45, 7) is 8.12. The van der Waals surface area contributed by atoms with Gasteiger partial charge < -0.3 is 11.1 Å². The molecule has 134 valence electrons. The van der Waals surface area contributed by atoms with Gasteiger partial charge in [0, 0.05) is 6.20 Å². The topological polar surface area (TPSA) is 80.4 Å². The Kier molecular flexibility index (Phi) is 6.98. The Bertz CT molecular complexity index is 584. The zero-order valence-electron chi connectivity index (χ0n) is 14.3. The number of nitrogens with two attached hydrogens (primary N) is 1. The summed E-state index contributed by atoms with van der Waals surface area (Å²) in [6.07, 6.45) is 4.67. The van der Waals surface area contributed by atoms with Crippen molar-refractivity contribution in [2.24, 2.45) is 16.6 Å². The van der Waals surface area contributed by atoms with Gasteiger partial charge in [0.25, 0.3) is 0 Å². The highest BCUT2D eigenvalue weighted by molar-refractivity contribution is 8.15. The Balaban J connectivity index is 0.00000288. The van der Waals surface area contributed by atoms with Crippen LogP contribution in [-0.4, -0.2) is 21.7 Å². The average molecular weight is 351 g/mol. The minimum atomic E-state index is -0.759. The molecule has 2 atom stereocenters. The van der Waals surface area contributed by atoms with Crippen molar-refractivity contribution in [3.05, 3.63) is 30.1 Å². The zero-order valence-corrected chi connectivity index (χ0v) is 15.1. The molecule has 2 unspecified atom stereocenters. The summed E-state index contributed by atoms with van der Waals surface area (Å²) in [5.74, 6) is 0.442. The largest absolute Gasteiger partial charge is 0.307 e. The number of carbonyl (C=O) groups excluding carboxylic acids is 1. The molecule has 0 aliphatic carbocycles. The molecule has 1 aliphatic rings. The Morgan fingerprint density at radius 1 is 1.42 bits per heavy atom. The third-order valence-electron chi connectivity index (χ3n) is 4.32. The van der Waals surface area contributed by atoms with Gasteiger partial charge in [-0.2, -0.15) is 0 Å². The normalized spacial score (nSPS) is 24.6. The molecule has 2 rings (SSSR count). The number of hydrogen-bond acceptors (Lipinski definition) is 5. The SMILES string of the molecule is C.CCC(CC)CC(C)(N)/N=C1/NC(=O)C(C)(c2ccccn2)S1. The maximum Gasteiger partial charge on any atom is 0.248 e. The second-order valence-electron chi connectivity index (χ2n) is 6.47. The Morgan fingerprint density at radius 3 is 2.62 bits per heavy atom. The Labute approximate surface area is 149 Å². The lowest BCUT2D eigenvalue weighted by Crippen LogP contribution is -2.38. The monoisotopic (exact) mass is 350 g/mol. The van der Waals surface area contributed by atoms with E-state index in [1.807, 2.05) is 32.0 Å². The average Bonchev–Trinajstić information content (AvgIpc) is 2.80. The van der Waals surface area contributed by atoms with Crippen LogP contribution in [0.4, 0.5) is 0 Å². The van der Waals surface area contributed by atoms with Crippen LogP contribution in [0.5, 0.6) is 0 Å². The Hall–Kier alpha value is -1.40. The summed E-state index contributed by atoms with van der Waals surface area (Å²) in [6, 6.07) is 5.59. The number of carbonyl (C=O) groups is 1. The van der Waals surface area contributed by atoms with Crippen LogP contribution in [0.15, 0.2) is 29.4 Å². The van der Waals surface area contributed by atoms with Crippen LogP contribution in [0.1, 0.15) is 60.1 Å². The van der Waals surface area contributed by atoms with Crippen LogP contribution < -0.4 is 11.1 Å². The number of aromatic nitrogens is 1. The van der Waals surface area contributed by atoms with E-state index in [1.54, 1.807) is 6.20 Å². The maximum atomic E-state index is 12.4. The molecule has 3 N–H and O–H groups in total. The third kappa shape index (κ3) is 4.57. The van der Waals surface area contributed by atoms with Gasteiger partial charge in [-0.05, 0) is 38.3 Å². The summed E-state index contributed by atoms with van der Waals surface area (Å²) in [4.78, 5) is 21.4. The molecule has 1 amide bonds. The van der Waals surface area contributed by atoms with Gasteiger partial charge in [-0.1, -0.05) is 51.9 Å². The predicted octanol–water partition coefficient (Wildman–Crippen LogP) is 3.65. The van der Waals surface area contributed by atoms with Crippen LogP contribution in [0.2, 0.25) is 0 Å². The summed E-state index contributed by atoms with van der Waals surface area (Å²) in [5.41, 5.74) is 6.40. The van der Waals surface area contributed by atoms with E-state index in [0.717, 1.165) is 25.0 Å². The molecular formula is C18H30N4OS. The molecule has 0 spiro atoms. The molecule has 1 saturated heterocycles. The molecule has 0 radical (unpaired) electrons. The van der Waals surface area contributed by atoms with E-state index in [9.17, 15) is 4.79 Å². The second kappa shape index (κ2) is 8.12. The van der Waals surface area contributed by atoms with Gasteiger partial charge in [0.1, 0.15) is 10.4 Å². The lowest BCUT2D eigenvalue weighted by Gasteiger charge is -2.25. The fourth-order valence-corrected chi connectivity index (χ4v) is 3.94. The van der Waals surface area contributed by atoms with Crippen molar-refractivity contribution in [1.29, 1.82) is 0 Å². The summed E-state index contributed by atoms with van der Waals surface area (Å²) in [7, 11) is 0. The molecule has 24 heavy (non-hydrogen) atoms. The minimum Gasteiger partial charge on any atom is -0.307 e. The van der Waals surface area contributed by atoms with Gasteiger partial charge >= 0.3 is 0 Å². The van der Waals surface area contributed by atoms with Gasteiger partial charge in [0.2, 0.25) is 5.91 Å². The van der Waals surface area contributed by atoms with Crippen molar-refractivity contribution in [3.8, 4) is 0 Å². The molecule has 1 aliphatic heterocycles. The standard InChI is InChI=1S/C17H26N4OS.CH4/c1-5-12(6-2)11-16(3,18)21-15-20-14(22)17(4,23-15)13-9-7-8-10-19-13;/h7-10,12H,5-6,11,18H2,1-4H3,(H,20,21,22);1H4. The molecule has 6 heteroatoms. The van der Waals surface area contributed by atoms with Gasteiger partial charge in [0.05, 0.1) is 5.69 Å². The first-order valence-corrected chi connectivity index (χ1v) is 8.93. The molecular weight excluding hydrogens is 320 g/mol. The predicted molar refractivity (Wildman–Crippen MR) is 103 cm³/mol. The number of amides is 1. The van der Waals surface area contributed by atoms with Crippen molar-refractivity contribution in [1.82, 2.24) is 10.3 Å². The number of pyridine rings is 1. The number of hydrogen-bond donors (Lipinski definition) is 2. The van der Waals surface area contributed by atoms with Crippen LogP contribution >= 0.6 is 11.8 Å². The van der Waals surface area contributed by atoms with Crippen molar-refractivity contribution in [2.75, 3.05) is 0 Å². The highest BCUT2D eigenvalue weighted by Crippen LogP contribution is 2.40. The molecule has 0 aromatic carbocycles. The molecule has 1 fully saturated rings. The number of rotatable bonds is 6. The fourth-order valence-electron chi connectivity index (χ4n) is 2.79. The number of thioether (sulfide) groups is 1. The number of amidine groups is 1. The minimum absolute atomic E-state index is 0. The van der Waals surface area contributed by atoms with Gasteiger partial charge in [-0.25, -0.2) is 4.99 Å². The molecule has 5 nitrogen and oxygen atoms in total. The van der Waals surface area contributed by atoms with Crippen molar-refractivity contribution in [2.45, 2.75) is 64.8 Å². The van der Waals surface area contributed by atoms with E-state index in [4.69, 9.17) is 5.73 Å². The molecule has 1 aromatic heterocycles. The summed E-state index contributed by atoms with van der Waals surface area (Å²) >= 11 is 1.39. The molecule has 0 bridgehead atoms. The first-order chi connectivity index (χ1) is 10.8. The van der Waals surface area contributed by atoms with Crippen LogP contribution in [0.25, 0.3) is 0 Å². The summed E-state index contributed by atoms with van der Waals surface area (Å²) in [5, 5.41) is 3.44. The molecule has 2 heterocycles. The van der Waals surface area contributed by atoms with E-state index in [0.29, 0.717) is 11.1 Å². The molecule has 0 saturated carbocycles. The van der Waals surface area contributed by atoms with E-state index >= 15 is 0 Å². The molecule has 1 aromatic rings. The fraction of sp³-hybridized carbons (Fsp3) is 0.611. The quantitative estimate of drug-likeness (QED) is 0.820. The first-order valence-electron chi connectivity index (χ1n) is 8.11. The van der Waals surface area contributed by atoms with Gasteiger partial charge in [-0.15, -0.1) is 0 Å². The maximum absolute atomic E-state index is 12.4. The van der Waals surface area contributed by atoms with Crippen molar-refractivity contribution < 1.29 is 4.79 Å². The van der Waals surface area contributed by atoms with Crippen LogP contribution in [0, 0.1) is 5.92 Å². The smallest absolute Gasteiger partial charge is 0.248 e. The first kappa shape index (κ1) is 20.6. The summed E-state index contributed by atoms with van der Waals surface area (Å²) < 4.78 is -0.759. The van der Waals surface area contributed by atoms with E-state index in [-0.39, 0.29) is 13.3 Å². The van der Waals surface area contributed by atoms with Crippen LogP contribution in [0.3, 0.4) is 0 Å². The number of nitrogens with zero attached hydrogens (tertiary/aromatic N) is 2. The Morgan fingerprint density at radius 2 is 2.08 bits per heavy atom. The van der Waals surface area contributed by atoms with Crippen molar-refractivity contribution >= 4 is 22.8 Å². The van der Waals surface area contributed by atoms with E-state index in [2.05, 4.69) is 29.1 Å². The van der Waals surface area contributed by atoms with E-state index < -0.39 is 10.4 Å². The lowest BCUT2D eigenvalue weighted by molar-refractivity contribution is -0.121. The van der Waals surface area contributed by atoms with Crippen LogP contribution in [-0.2, 0) is 9.54 Å². The van der Waals surface area contributed by atoms with Crippen molar-refractivity contribution in [3.63, 3.8) is 0 Å². The lowest BCUT2D eigenvalue weighted by atomic mass is 9.92. The zero-order chi connectivity index (χ0) is 17.1.